The van der Waals surface area contributed by atoms with Gasteiger partial charge in [-0.25, -0.2) is 4.98 Å². The van der Waals surface area contributed by atoms with Crippen molar-refractivity contribution in [2.75, 3.05) is 6.54 Å². The average Bonchev–Trinajstić information content (AvgIpc) is 2.46. The second kappa shape index (κ2) is 5.21. The third-order valence-corrected chi connectivity index (χ3v) is 4.00. The quantitative estimate of drug-likeness (QED) is 0.863. The first-order valence-corrected chi connectivity index (χ1v) is 7.07. The lowest BCUT2D eigenvalue weighted by Gasteiger charge is -2.36. The van der Waals surface area contributed by atoms with Crippen molar-refractivity contribution in [1.82, 2.24) is 9.88 Å². The van der Waals surface area contributed by atoms with Crippen LogP contribution >= 0.6 is 0 Å². The summed E-state index contributed by atoms with van der Waals surface area (Å²) in [6.45, 7) is 2.77. The number of rotatable bonds is 1. The summed E-state index contributed by atoms with van der Waals surface area (Å²) in [4.78, 5) is 19.0. The Hall–Kier alpha value is -1.94. The molecule has 2 atom stereocenters. The van der Waals surface area contributed by atoms with E-state index in [2.05, 4.69) is 11.9 Å². The lowest BCUT2D eigenvalue weighted by molar-refractivity contribution is 0.0613. The SMILES string of the molecule is CC1CC(N)CCN1C(=O)c1ccc2ccccc2n1. The highest BCUT2D eigenvalue weighted by molar-refractivity contribution is 5.95. The molecule has 0 bridgehead atoms. The highest BCUT2D eigenvalue weighted by atomic mass is 16.2. The van der Waals surface area contributed by atoms with Crippen LogP contribution in [0.1, 0.15) is 30.3 Å². The molecule has 1 aliphatic heterocycles. The van der Waals surface area contributed by atoms with Gasteiger partial charge in [0.1, 0.15) is 5.69 Å². The summed E-state index contributed by atoms with van der Waals surface area (Å²) in [5.74, 6) is 0.00940. The Balaban J connectivity index is 1.88. The molecule has 0 spiro atoms. The Kier molecular flexibility index (Phi) is 3.40. The van der Waals surface area contributed by atoms with Gasteiger partial charge in [0.05, 0.1) is 5.52 Å². The first-order chi connectivity index (χ1) is 9.65. The van der Waals surface area contributed by atoms with E-state index in [-0.39, 0.29) is 18.0 Å². The van der Waals surface area contributed by atoms with Gasteiger partial charge in [-0.3, -0.25) is 4.79 Å². The number of hydrogen-bond acceptors (Lipinski definition) is 3. The fraction of sp³-hybridized carbons (Fsp3) is 0.375. The monoisotopic (exact) mass is 269 g/mol. The van der Waals surface area contributed by atoms with E-state index >= 15 is 0 Å². The van der Waals surface area contributed by atoms with Crippen molar-refractivity contribution in [3.8, 4) is 0 Å². The maximum absolute atomic E-state index is 12.6. The van der Waals surface area contributed by atoms with Gasteiger partial charge < -0.3 is 10.6 Å². The molecular formula is C16H19N3O. The van der Waals surface area contributed by atoms with Crippen LogP contribution in [-0.2, 0) is 0 Å². The molecule has 2 unspecified atom stereocenters. The number of nitrogens with two attached hydrogens (primary N) is 1. The lowest BCUT2D eigenvalue weighted by Crippen LogP contribution is -2.48. The number of piperidine rings is 1. The molecule has 1 aromatic carbocycles. The largest absolute Gasteiger partial charge is 0.334 e. The van der Waals surface area contributed by atoms with Crippen molar-refractivity contribution in [3.63, 3.8) is 0 Å². The zero-order valence-electron chi connectivity index (χ0n) is 11.6. The van der Waals surface area contributed by atoms with Crippen LogP contribution < -0.4 is 5.73 Å². The minimum absolute atomic E-state index is 0.00940. The third kappa shape index (κ3) is 2.39. The Morgan fingerprint density at radius 1 is 1.30 bits per heavy atom. The summed E-state index contributed by atoms with van der Waals surface area (Å²) in [6, 6.07) is 12.0. The molecular weight excluding hydrogens is 250 g/mol. The van der Waals surface area contributed by atoms with Gasteiger partial charge in [0.25, 0.3) is 5.91 Å². The van der Waals surface area contributed by atoms with Crippen LogP contribution in [0.3, 0.4) is 0 Å². The van der Waals surface area contributed by atoms with Crippen LogP contribution in [0.4, 0.5) is 0 Å². The zero-order chi connectivity index (χ0) is 14.1. The summed E-state index contributed by atoms with van der Waals surface area (Å²) in [7, 11) is 0. The van der Waals surface area contributed by atoms with Gasteiger partial charge in [-0.05, 0) is 31.9 Å². The van der Waals surface area contributed by atoms with E-state index in [4.69, 9.17) is 5.73 Å². The Labute approximate surface area is 118 Å². The number of likely N-dealkylation sites (tertiary alicyclic amines) is 1. The smallest absolute Gasteiger partial charge is 0.272 e. The number of pyridine rings is 1. The molecule has 1 fully saturated rings. The molecule has 2 aromatic rings. The van der Waals surface area contributed by atoms with E-state index in [1.807, 2.05) is 41.3 Å². The predicted octanol–water partition coefficient (Wildman–Crippen LogP) is 2.19. The molecule has 2 heterocycles. The van der Waals surface area contributed by atoms with E-state index < -0.39 is 0 Å². The van der Waals surface area contributed by atoms with Gasteiger partial charge in [0, 0.05) is 24.0 Å². The second-order valence-corrected chi connectivity index (χ2v) is 5.52. The summed E-state index contributed by atoms with van der Waals surface area (Å²) < 4.78 is 0. The maximum atomic E-state index is 12.6. The van der Waals surface area contributed by atoms with Gasteiger partial charge in [-0.15, -0.1) is 0 Å². The van der Waals surface area contributed by atoms with Crippen LogP contribution in [0.2, 0.25) is 0 Å². The van der Waals surface area contributed by atoms with Crippen LogP contribution in [-0.4, -0.2) is 34.4 Å². The van der Waals surface area contributed by atoms with Gasteiger partial charge in [0.2, 0.25) is 0 Å². The molecule has 1 aliphatic rings. The molecule has 104 valence electrons. The number of nitrogens with zero attached hydrogens (tertiary/aromatic N) is 2. The molecule has 0 radical (unpaired) electrons. The lowest BCUT2D eigenvalue weighted by atomic mass is 9.98. The number of hydrogen-bond donors (Lipinski definition) is 1. The molecule has 1 amide bonds. The van der Waals surface area contributed by atoms with Crippen LogP contribution in [0.25, 0.3) is 10.9 Å². The summed E-state index contributed by atoms with van der Waals surface area (Å²) in [5, 5.41) is 1.05. The number of fused-ring (bicyclic) bond motifs is 1. The molecule has 1 aromatic heterocycles. The summed E-state index contributed by atoms with van der Waals surface area (Å²) in [6.07, 6.45) is 1.73. The Morgan fingerprint density at radius 2 is 2.10 bits per heavy atom. The summed E-state index contributed by atoms with van der Waals surface area (Å²) >= 11 is 0. The molecule has 2 N–H and O–H groups in total. The van der Waals surface area contributed by atoms with Gasteiger partial charge in [-0.1, -0.05) is 24.3 Å². The normalized spacial score (nSPS) is 23.0. The van der Waals surface area contributed by atoms with Gasteiger partial charge in [0.15, 0.2) is 0 Å². The van der Waals surface area contributed by atoms with E-state index in [1.165, 1.54) is 0 Å². The number of aromatic nitrogens is 1. The average molecular weight is 269 g/mol. The van der Waals surface area contributed by atoms with Crippen molar-refractivity contribution >= 4 is 16.8 Å². The number of carbonyl (C=O) groups excluding carboxylic acids is 1. The van der Waals surface area contributed by atoms with Gasteiger partial charge >= 0.3 is 0 Å². The molecule has 20 heavy (non-hydrogen) atoms. The minimum atomic E-state index is 0.00940. The first kappa shape index (κ1) is 13.1. The van der Waals surface area contributed by atoms with Crippen LogP contribution in [0.5, 0.6) is 0 Å². The topological polar surface area (TPSA) is 59.2 Å². The van der Waals surface area contributed by atoms with E-state index in [9.17, 15) is 4.79 Å². The summed E-state index contributed by atoms with van der Waals surface area (Å²) in [5.41, 5.74) is 7.33. The zero-order valence-corrected chi connectivity index (χ0v) is 11.6. The van der Waals surface area contributed by atoms with E-state index in [1.54, 1.807) is 0 Å². The second-order valence-electron chi connectivity index (χ2n) is 5.52. The fourth-order valence-electron chi connectivity index (χ4n) is 2.84. The number of amides is 1. The molecule has 0 saturated carbocycles. The molecule has 1 saturated heterocycles. The molecule has 4 heteroatoms. The van der Waals surface area contributed by atoms with Crippen molar-refractivity contribution in [2.24, 2.45) is 5.73 Å². The molecule has 3 rings (SSSR count). The van der Waals surface area contributed by atoms with Gasteiger partial charge in [-0.2, -0.15) is 0 Å². The Bertz CT molecular complexity index is 640. The number of para-hydroxylation sites is 1. The van der Waals surface area contributed by atoms with Crippen molar-refractivity contribution < 1.29 is 4.79 Å². The predicted molar refractivity (Wildman–Crippen MR) is 79.5 cm³/mol. The van der Waals surface area contributed by atoms with Crippen molar-refractivity contribution in [2.45, 2.75) is 31.8 Å². The number of carbonyl (C=O) groups is 1. The highest BCUT2D eigenvalue weighted by Gasteiger charge is 2.28. The first-order valence-electron chi connectivity index (χ1n) is 7.07. The maximum Gasteiger partial charge on any atom is 0.272 e. The minimum Gasteiger partial charge on any atom is -0.334 e. The number of benzene rings is 1. The highest BCUT2D eigenvalue weighted by Crippen LogP contribution is 2.19. The van der Waals surface area contributed by atoms with Crippen molar-refractivity contribution in [1.29, 1.82) is 0 Å². The van der Waals surface area contributed by atoms with E-state index in [0.29, 0.717) is 5.69 Å². The van der Waals surface area contributed by atoms with Crippen LogP contribution in [0.15, 0.2) is 36.4 Å². The standard InChI is InChI=1S/C16H19N3O/c1-11-10-13(17)8-9-19(11)16(20)15-7-6-12-4-2-3-5-14(12)18-15/h2-7,11,13H,8-10,17H2,1H3. The molecule has 0 aliphatic carbocycles. The third-order valence-electron chi connectivity index (χ3n) is 4.00. The van der Waals surface area contributed by atoms with Crippen LogP contribution in [0, 0.1) is 0 Å². The molecule has 4 nitrogen and oxygen atoms in total. The fourth-order valence-corrected chi connectivity index (χ4v) is 2.84. The Morgan fingerprint density at radius 3 is 2.90 bits per heavy atom. The van der Waals surface area contributed by atoms with E-state index in [0.717, 1.165) is 30.3 Å². The van der Waals surface area contributed by atoms with Crippen molar-refractivity contribution in [3.05, 3.63) is 42.1 Å².